The van der Waals surface area contributed by atoms with Crippen LogP contribution < -0.4 is 4.74 Å². The Morgan fingerprint density at radius 3 is 2.67 bits per heavy atom. The smallest absolute Gasteiger partial charge is 0.275 e. The SMILES string of the molecule is COc1ccccc1[C@H]1CCC[C@@H](C)N1C(=O)c1ccc(C)nn1. The summed E-state index contributed by atoms with van der Waals surface area (Å²) < 4.78 is 5.52. The van der Waals surface area contributed by atoms with E-state index in [0.29, 0.717) is 5.69 Å². The Kier molecular flexibility index (Phi) is 4.79. The molecule has 0 radical (unpaired) electrons. The second-order valence-electron chi connectivity index (χ2n) is 6.31. The maximum atomic E-state index is 13.1. The fourth-order valence-electron chi connectivity index (χ4n) is 3.43. The summed E-state index contributed by atoms with van der Waals surface area (Å²) in [5.41, 5.74) is 2.26. The standard InChI is InChI=1S/C19H23N3O2/c1-13-11-12-16(21-20-13)19(23)22-14(2)7-6-9-17(22)15-8-4-5-10-18(15)24-3/h4-5,8,10-12,14,17H,6-7,9H2,1-3H3/t14-,17-/m1/s1. The fraction of sp³-hybridized carbons (Fsp3) is 0.421. The van der Waals surface area contributed by atoms with Crippen molar-refractivity contribution in [1.29, 1.82) is 0 Å². The zero-order valence-corrected chi connectivity index (χ0v) is 14.4. The number of carbonyl (C=O) groups excluding carboxylic acids is 1. The van der Waals surface area contributed by atoms with E-state index in [1.54, 1.807) is 13.2 Å². The Bertz CT molecular complexity index is 715. The van der Waals surface area contributed by atoms with Crippen LogP contribution in [0.2, 0.25) is 0 Å². The van der Waals surface area contributed by atoms with Crippen molar-refractivity contribution in [1.82, 2.24) is 15.1 Å². The Balaban J connectivity index is 1.98. The third-order valence-corrected chi connectivity index (χ3v) is 4.66. The van der Waals surface area contributed by atoms with E-state index in [1.807, 2.05) is 42.2 Å². The van der Waals surface area contributed by atoms with Gasteiger partial charge in [-0.2, -0.15) is 5.10 Å². The highest BCUT2D eigenvalue weighted by Gasteiger charge is 2.35. The first-order valence-corrected chi connectivity index (χ1v) is 8.37. The number of aromatic nitrogens is 2. The van der Waals surface area contributed by atoms with Gasteiger partial charge in [0.15, 0.2) is 5.69 Å². The number of piperidine rings is 1. The molecule has 5 heteroatoms. The van der Waals surface area contributed by atoms with Gasteiger partial charge in [0.2, 0.25) is 0 Å². The van der Waals surface area contributed by atoms with E-state index < -0.39 is 0 Å². The summed E-state index contributed by atoms with van der Waals surface area (Å²) >= 11 is 0. The lowest BCUT2D eigenvalue weighted by Gasteiger charge is -2.41. The maximum Gasteiger partial charge on any atom is 0.275 e. The highest BCUT2D eigenvalue weighted by molar-refractivity contribution is 5.92. The quantitative estimate of drug-likeness (QED) is 0.866. The van der Waals surface area contributed by atoms with Gasteiger partial charge in [0.05, 0.1) is 18.8 Å². The van der Waals surface area contributed by atoms with Gasteiger partial charge >= 0.3 is 0 Å². The average Bonchev–Trinajstić information content (AvgIpc) is 2.61. The van der Waals surface area contributed by atoms with E-state index in [4.69, 9.17) is 4.74 Å². The van der Waals surface area contributed by atoms with Crippen LogP contribution in [0.5, 0.6) is 5.75 Å². The normalized spacial score (nSPS) is 20.7. The molecule has 5 nitrogen and oxygen atoms in total. The zero-order chi connectivity index (χ0) is 17.1. The van der Waals surface area contributed by atoms with Crippen LogP contribution in [0.3, 0.4) is 0 Å². The molecule has 126 valence electrons. The van der Waals surface area contributed by atoms with Gasteiger partial charge < -0.3 is 9.64 Å². The number of methoxy groups -OCH3 is 1. The minimum atomic E-state index is -0.0643. The van der Waals surface area contributed by atoms with Gasteiger partial charge in [0.25, 0.3) is 5.91 Å². The number of benzene rings is 1. The number of likely N-dealkylation sites (tertiary alicyclic amines) is 1. The summed E-state index contributed by atoms with van der Waals surface area (Å²) in [4.78, 5) is 15.0. The highest BCUT2D eigenvalue weighted by atomic mass is 16.5. The third-order valence-electron chi connectivity index (χ3n) is 4.66. The number of nitrogens with zero attached hydrogens (tertiary/aromatic N) is 3. The van der Waals surface area contributed by atoms with Crippen LogP contribution in [-0.4, -0.2) is 34.2 Å². The largest absolute Gasteiger partial charge is 0.496 e. The van der Waals surface area contributed by atoms with Gasteiger partial charge in [-0.1, -0.05) is 18.2 Å². The lowest BCUT2D eigenvalue weighted by atomic mass is 9.90. The van der Waals surface area contributed by atoms with Crippen molar-refractivity contribution in [2.75, 3.05) is 7.11 Å². The van der Waals surface area contributed by atoms with Crippen molar-refractivity contribution in [3.8, 4) is 5.75 Å². The Labute approximate surface area is 142 Å². The molecule has 3 rings (SSSR count). The van der Waals surface area contributed by atoms with Gasteiger partial charge in [0.1, 0.15) is 5.75 Å². The fourth-order valence-corrected chi connectivity index (χ4v) is 3.43. The number of ether oxygens (including phenoxy) is 1. The molecule has 2 aromatic rings. The summed E-state index contributed by atoms with van der Waals surface area (Å²) in [6.45, 7) is 3.96. The van der Waals surface area contributed by atoms with Crippen molar-refractivity contribution in [3.05, 3.63) is 53.3 Å². The molecule has 0 N–H and O–H groups in total. The molecule has 0 saturated carbocycles. The first-order chi connectivity index (χ1) is 11.6. The maximum absolute atomic E-state index is 13.1. The Hall–Kier alpha value is -2.43. The number of amides is 1. The number of hydrogen-bond donors (Lipinski definition) is 0. The van der Waals surface area contributed by atoms with Crippen molar-refractivity contribution < 1.29 is 9.53 Å². The molecule has 24 heavy (non-hydrogen) atoms. The molecule has 1 aliphatic rings. The number of aryl methyl sites for hydroxylation is 1. The van der Waals surface area contributed by atoms with Gasteiger partial charge in [-0.3, -0.25) is 4.79 Å². The number of para-hydroxylation sites is 1. The van der Waals surface area contributed by atoms with Crippen molar-refractivity contribution in [2.45, 2.75) is 45.2 Å². The van der Waals surface area contributed by atoms with Gasteiger partial charge in [0, 0.05) is 11.6 Å². The molecule has 1 aromatic heterocycles. The van der Waals surface area contributed by atoms with Crippen LogP contribution in [0.1, 0.15) is 54.0 Å². The molecule has 1 fully saturated rings. The molecule has 0 aliphatic carbocycles. The van der Waals surface area contributed by atoms with Crippen molar-refractivity contribution >= 4 is 5.91 Å². The second kappa shape index (κ2) is 6.99. The van der Waals surface area contributed by atoms with E-state index in [0.717, 1.165) is 36.3 Å². The molecular weight excluding hydrogens is 302 g/mol. The summed E-state index contributed by atoms with van der Waals surface area (Å²) in [7, 11) is 1.67. The molecule has 2 atom stereocenters. The van der Waals surface area contributed by atoms with Crippen LogP contribution >= 0.6 is 0 Å². The van der Waals surface area contributed by atoms with E-state index in [-0.39, 0.29) is 18.0 Å². The lowest BCUT2D eigenvalue weighted by molar-refractivity contribution is 0.0465. The van der Waals surface area contributed by atoms with Crippen LogP contribution in [0, 0.1) is 6.92 Å². The topological polar surface area (TPSA) is 55.3 Å². The summed E-state index contributed by atoms with van der Waals surface area (Å²) in [5, 5.41) is 8.12. The Morgan fingerprint density at radius 2 is 1.96 bits per heavy atom. The highest BCUT2D eigenvalue weighted by Crippen LogP contribution is 2.39. The molecule has 1 aromatic carbocycles. The van der Waals surface area contributed by atoms with Crippen LogP contribution in [0.15, 0.2) is 36.4 Å². The minimum absolute atomic E-state index is 0.000466. The third kappa shape index (κ3) is 3.11. The Morgan fingerprint density at radius 1 is 1.17 bits per heavy atom. The first-order valence-electron chi connectivity index (χ1n) is 8.37. The predicted molar refractivity (Wildman–Crippen MR) is 92.0 cm³/mol. The van der Waals surface area contributed by atoms with Crippen LogP contribution in [0.25, 0.3) is 0 Å². The zero-order valence-electron chi connectivity index (χ0n) is 14.4. The lowest BCUT2D eigenvalue weighted by Crippen LogP contribution is -2.44. The number of carbonyl (C=O) groups is 1. The van der Waals surface area contributed by atoms with E-state index in [2.05, 4.69) is 17.1 Å². The summed E-state index contributed by atoms with van der Waals surface area (Å²) in [6, 6.07) is 11.7. The second-order valence-corrected chi connectivity index (χ2v) is 6.31. The molecule has 1 aliphatic heterocycles. The molecule has 1 amide bonds. The number of rotatable bonds is 3. The molecule has 1 saturated heterocycles. The monoisotopic (exact) mass is 325 g/mol. The van der Waals surface area contributed by atoms with Gasteiger partial charge in [-0.15, -0.1) is 5.10 Å². The molecule has 0 spiro atoms. The molecule has 0 bridgehead atoms. The predicted octanol–water partition coefficient (Wildman–Crippen LogP) is 3.55. The molecule has 2 heterocycles. The van der Waals surface area contributed by atoms with Crippen molar-refractivity contribution in [2.24, 2.45) is 0 Å². The average molecular weight is 325 g/mol. The van der Waals surface area contributed by atoms with Gasteiger partial charge in [-0.25, -0.2) is 0 Å². The van der Waals surface area contributed by atoms with E-state index in [9.17, 15) is 4.79 Å². The van der Waals surface area contributed by atoms with Crippen LogP contribution in [-0.2, 0) is 0 Å². The molecular formula is C19H23N3O2. The summed E-state index contributed by atoms with van der Waals surface area (Å²) in [5.74, 6) is 0.759. The van der Waals surface area contributed by atoms with Gasteiger partial charge in [-0.05, 0) is 51.3 Å². The van der Waals surface area contributed by atoms with Crippen molar-refractivity contribution in [3.63, 3.8) is 0 Å². The van der Waals surface area contributed by atoms with E-state index in [1.165, 1.54) is 0 Å². The molecule has 0 unspecified atom stereocenters. The van der Waals surface area contributed by atoms with E-state index >= 15 is 0 Å². The first kappa shape index (κ1) is 16.4. The minimum Gasteiger partial charge on any atom is -0.496 e. The van der Waals surface area contributed by atoms with Crippen LogP contribution in [0.4, 0.5) is 0 Å². The summed E-state index contributed by atoms with van der Waals surface area (Å²) in [6.07, 6.45) is 3.01. The number of hydrogen-bond acceptors (Lipinski definition) is 4.